The first-order valence-electron chi connectivity index (χ1n) is 11.3. The van der Waals surface area contributed by atoms with Crippen molar-refractivity contribution < 1.29 is 17.6 Å². The van der Waals surface area contributed by atoms with Crippen molar-refractivity contribution in [3.05, 3.63) is 35.9 Å². The van der Waals surface area contributed by atoms with Gasteiger partial charge in [-0.3, -0.25) is 14.3 Å². The highest BCUT2D eigenvalue weighted by atomic mass is 32.2. The predicted octanol–water partition coefficient (Wildman–Crippen LogP) is 2.52. The molecule has 33 heavy (non-hydrogen) atoms. The topological polar surface area (TPSA) is 88.4 Å². The van der Waals surface area contributed by atoms with Crippen LogP contribution in [0.2, 0.25) is 0 Å². The molecule has 1 amide bonds. The Morgan fingerprint density at radius 3 is 2.55 bits per heavy atom. The molecule has 1 aromatic carbocycles. The molecule has 0 saturated carbocycles. The van der Waals surface area contributed by atoms with E-state index in [1.807, 2.05) is 4.57 Å². The second kappa shape index (κ2) is 10.1. The van der Waals surface area contributed by atoms with Crippen molar-refractivity contribution in [1.82, 2.24) is 24.6 Å². The van der Waals surface area contributed by atoms with E-state index in [9.17, 15) is 17.6 Å². The van der Waals surface area contributed by atoms with Gasteiger partial charge in [0.2, 0.25) is 5.91 Å². The maximum absolute atomic E-state index is 13.6. The Balaban J connectivity index is 1.54. The fourth-order valence-corrected chi connectivity index (χ4v) is 7.16. The molecule has 11 heteroatoms. The molecule has 180 valence electrons. The molecule has 4 rings (SSSR count). The van der Waals surface area contributed by atoms with Crippen molar-refractivity contribution >= 4 is 27.5 Å². The van der Waals surface area contributed by atoms with Crippen LogP contribution in [0.4, 0.5) is 4.39 Å². The van der Waals surface area contributed by atoms with Crippen molar-refractivity contribution in [1.29, 1.82) is 0 Å². The van der Waals surface area contributed by atoms with E-state index in [1.54, 1.807) is 31.0 Å². The van der Waals surface area contributed by atoms with E-state index >= 15 is 0 Å². The number of benzene rings is 1. The molecule has 8 nitrogen and oxygen atoms in total. The van der Waals surface area contributed by atoms with Crippen LogP contribution in [0.15, 0.2) is 29.4 Å². The van der Waals surface area contributed by atoms with E-state index in [2.05, 4.69) is 15.1 Å². The molecule has 2 unspecified atom stereocenters. The third-order valence-corrected chi connectivity index (χ3v) is 9.11. The number of hydrogen-bond acceptors (Lipinski definition) is 7. The number of hydrogen-bond donors (Lipinski definition) is 0. The smallest absolute Gasteiger partial charge is 0.235 e. The fraction of sp³-hybridized carbons (Fsp3) is 0.591. The third kappa shape index (κ3) is 5.75. The molecule has 2 atom stereocenters. The molecule has 0 bridgehead atoms. The van der Waals surface area contributed by atoms with E-state index in [0.29, 0.717) is 18.1 Å². The van der Waals surface area contributed by atoms with Crippen LogP contribution in [0, 0.1) is 5.82 Å². The summed E-state index contributed by atoms with van der Waals surface area (Å²) in [5, 5.41) is 8.86. The Morgan fingerprint density at radius 2 is 1.91 bits per heavy atom. The number of sulfone groups is 1. The van der Waals surface area contributed by atoms with Gasteiger partial charge in [0.1, 0.15) is 5.82 Å². The molecule has 2 fully saturated rings. The zero-order valence-corrected chi connectivity index (χ0v) is 20.6. The van der Waals surface area contributed by atoms with Gasteiger partial charge in [0, 0.05) is 18.8 Å². The summed E-state index contributed by atoms with van der Waals surface area (Å²) in [5.74, 6) is 0.415. The molecular weight excluding hydrogens is 465 g/mol. The van der Waals surface area contributed by atoms with Gasteiger partial charge in [-0.1, -0.05) is 18.2 Å². The average molecular weight is 496 g/mol. The monoisotopic (exact) mass is 495 g/mol. The van der Waals surface area contributed by atoms with Crippen molar-refractivity contribution in [2.45, 2.75) is 55.6 Å². The van der Waals surface area contributed by atoms with Crippen molar-refractivity contribution in [3.63, 3.8) is 0 Å². The highest BCUT2D eigenvalue weighted by molar-refractivity contribution is 8.00. The van der Waals surface area contributed by atoms with E-state index in [4.69, 9.17) is 0 Å². The number of aromatic nitrogens is 3. The van der Waals surface area contributed by atoms with Crippen LogP contribution in [0.3, 0.4) is 0 Å². The minimum absolute atomic E-state index is 0.0123. The Bertz CT molecular complexity index is 1080. The molecule has 2 aliphatic heterocycles. The minimum Gasteiger partial charge on any atom is -0.341 e. The average Bonchev–Trinajstić information content (AvgIpc) is 3.36. The number of amides is 1. The summed E-state index contributed by atoms with van der Waals surface area (Å²) in [6.45, 7) is 4.43. The second-order valence-electron chi connectivity index (χ2n) is 8.81. The van der Waals surface area contributed by atoms with Crippen LogP contribution in [0.5, 0.6) is 0 Å². The van der Waals surface area contributed by atoms with Crippen LogP contribution in [0.25, 0.3) is 5.69 Å². The van der Waals surface area contributed by atoms with Crippen LogP contribution in [0.1, 0.15) is 38.4 Å². The van der Waals surface area contributed by atoms with Gasteiger partial charge in [0.15, 0.2) is 20.8 Å². The van der Waals surface area contributed by atoms with E-state index in [1.165, 1.54) is 30.3 Å². The fourth-order valence-electron chi connectivity index (χ4n) is 4.40. The van der Waals surface area contributed by atoms with E-state index < -0.39 is 15.1 Å². The van der Waals surface area contributed by atoms with Gasteiger partial charge < -0.3 is 4.90 Å². The van der Waals surface area contributed by atoms with Crippen molar-refractivity contribution in [2.24, 2.45) is 0 Å². The lowest BCUT2D eigenvalue weighted by Crippen LogP contribution is -2.41. The molecule has 0 aliphatic carbocycles. The van der Waals surface area contributed by atoms with Crippen molar-refractivity contribution in [2.75, 3.05) is 31.6 Å². The first-order chi connectivity index (χ1) is 15.7. The largest absolute Gasteiger partial charge is 0.341 e. The zero-order valence-electron chi connectivity index (χ0n) is 19.0. The highest BCUT2D eigenvalue weighted by Gasteiger charge is 2.34. The molecule has 0 N–H and O–H groups in total. The van der Waals surface area contributed by atoms with Crippen LogP contribution in [-0.4, -0.2) is 81.8 Å². The van der Waals surface area contributed by atoms with Crippen molar-refractivity contribution in [3.8, 4) is 5.69 Å². The summed E-state index contributed by atoms with van der Waals surface area (Å²) in [7, 11) is -1.41. The highest BCUT2D eigenvalue weighted by Crippen LogP contribution is 2.29. The third-order valence-electron chi connectivity index (χ3n) is 6.33. The van der Waals surface area contributed by atoms with Gasteiger partial charge in [0.05, 0.1) is 23.3 Å². The number of carbonyl (C=O) groups excluding carboxylic acids is 1. The molecule has 2 aromatic rings. The van der Waals surface area contributed by atoms with Crippen LogP contribution in [-0.2, 0) is 21.2 Å². The lowest BCUT2D eigenvalue weighted by Gasteiger charge is -2.27. The zero-order chi connectivity index (χ0) is 23.6. The number of likely N-dealkylation sites (tertiary alicyclic amines) is 1. The van der Waals surface area contributed by atoms with Crippen LogP contribution < -0.4 is 0 Å². The molecular formula is C22H30FN5O3S2. The number of rotatable bonds is 7. The van der Waals surface area contributed by atoms with E-state index in [-0.39, 0.29) is 29.3 Å². The summed E-state index contributed by atoms with van der Waals surface area (Å²) in [6.07, 6.45) is 4.01. The predicted molar refractivity (Wildman–Crippen MR) is 126 cm³/mol. The van der Waals surface area contributed by atoms with Gasteiger partial charge in [-0.25, -0.2) is 12.8 Å². The molecule has 3 heterocycles. The minimum atomic E-state index is -3.08. The summed E-state index contributed by atoms with van der Waals surface area (Å²) in [6, 6.07) is 5.87. The second-order valence-corrected chi connectivity index (χ2v) is 12.4. The molecule has 0 radical (unpaired) electrons. The molecule has 2 aliphatic rings. The van der Waals surface area contributed by atoms with Gasteiger partial charge in [-0.15, -0.1) is 10.2 Å². The molecule has 2 saturated heterocycles. The summed E-state index contributed by atoms with van der Waals surface area (Å²) < 4.78 is 39.1. The lowest BCUT2D eigenvalue weighted by atomic mass is 10.1. The van der Waals surface area contributed by atoms with Gasteiger partial charge >= 0.3 is 0 Å². The summed E-state index contributed by atoms with van der Waals surface area (Å²) in [4.78, 5) is 16.9. The summed E-state index contributed by atoms with van der Waals surface area (Å²) >= 11 is 1.28. The number of piperidine rings is 1. The lowest BCUT2D eigenvalue weighted by molar-refractivity contribution is -0.130. The first kappa shape index (κ1) is 24.2. The van der Waals surface area contributed by atoms with E-state index in [0.717, 1.165) is 37.4 Å². The molecule has 1 aromatic heterocycles. The Morgan fingerprint density at radius 1 is 1.21 bits per heavy atom. The van der Waals surface area contributed by atoms with Gasteiger partial charge in [-0.2, -0.15) is 0 Å². The Hall–Kier alpha value is -1.98. The van der Waals surface area contributed by atoms with Gasteiger partial charge in [-0.05, 0) is 63.5 Å². The number of halogens is 1. The number of carbonyl (C=O) groups is 1. The normalized spacial score (nSPS) is 21.7. The van der Waals surface area contributed by atoms with Gasteiger partial charge in [0.25, 0.3) is 0 Å². The number of thioether (sulfide) groups is 1. The maximum atomic E-state index is 13.6. The quantitative estimate of drug-likeness (QED) is 0.546. The SMILES string of the molecule is CC(Sc1nnc(CN2CCCCC2)n1-c1ccc(F)cc1)C(=O)N(C)C1CCS(=O)(=O)C1. The first-order valence-corrected chi connectivity index (χ1v) is 14.0. The van der Waals surface area contributed by atoms with Crippen LogP contribution >= 0.6 is 11.8 Å². The standard InChI is InChI=1S/C22H30FN5O3S2/c1-16(21(29)26(2)19-10-13-33(30,31)15-19)32-22-25-24-20(14-27-11-4-3-5-12-27)28(22)18-8-6-17(23)7-9-18/h6-9,16,19H,3-5,10-15H2,1-2H3. The summed E-state index contributed by atoms with van der Waals surface area (Å²) in [5.41, 5.74) is 0.741. The number of nitrogens with zero attached hydrogens (tertiary/aromatic N) is 5. The maximum Gasteiger partial charge on any atom is 0.235 e. The molecule has 0 spiro atoms. The Labute approximate surface area is 198 Å². The Kier molecular flexibility index (Phi) is 7.40.